The van der Waals surface area contributed by atoms with Gasteiger partial charge in [0.2, 0.25) is 0 Å². The molecular weight excluding hydrogens is 328 g/mol. The summed E-state index contributed by atoms with van der Waals surface area (Å²) in [6.45, 7) is 13.1. The SMILES string of the molecule is CC1=C(C)C(C)=C(CC(=NNc2c(C)cc(C)cc2C)c2ccccc2)C1. The van der Waals surface area contributed by atoms with Crippen molar-refractivity contribution in [1.29, 1.82) is 0 Å². The fourth-order valence-corrected chi connectivity index (χ4v) is 3.88. The molecule has 0 spiro atoms. The van der Waals surface area contributed by atoms with E-state index in [2.05, 4.69) is 89.4 Å². The molecule has 0 saturated heterocycles. The summed E-state index contributed by atoms with van der Waals surface area (Å²) in [7, 11) is 0. The molecule has 2 heteroatoms. The number of hydrogen-bond donors (Lipinski definition) is 1. The van der Waals surface area contributed by atoms with Gasteiger partial charge >= 0.3 is 0 Å². The predicted octanol–water partition coefficient (Wildman–Crippen LogP) is 6.87. The highest BCUT2D eigenvalue weighted by molar-refractivity contribution is 6.02. The number of rotatable bonds is 5. The molecule has 1 aliphatic carbocycles. The highest BCUT2D eigenvalue weighted by Gasteiger charge is 2.18. The molecule has 0 amide bonds. The largest absolute Gasteiger partial charge is 0.278 e. The van der Waals surface area contributed by atoms with Crippen LogP contribution in [0.15, 0.2) is 69.9 Å². The fraction of sp³-hybridized carbons (Fsp3) is 0.320. The summed E-state index contributed by atoms with van der Waals surface area (Å²) >= 11 is 0. The van der Waals surface area contributed by atoms with Gasteiger partial charge in [-0.15, -0.1) is 0 Å². The number of hydrogen-bond acceptors (Lipinski definition) is 2. The van der Waals surface area contributed by atoms with Gasteiger partial charge in [0.1, 0.15) is 0 Å². The summed E-state index contributed by atoms with van der Waals surface area (Å²) < 4.78 is 0. The summed E-state index contributed by atoms with van der Waals surface area (Å²) in [4.78, 5) is 0. The van der Waals surface area contributed by atoms with Gasteiger partial charge in [0.25, 0.3) is 0 Å². The average Bonchev–Trinajstić information content (AvgIpc) is 2.87. The van der Waals surface area contributed by atoms with Crippen molar-refractivity contribution in [3.8, 4) is 0 Å². The van der Waals surface area contributed by atoms with Crippen molar-refractivity contribution in [3.05, 3.63) is 87.0 Å². The molecule has 0 fully saturated rings. The molecule has 2 aromatic carbocycles. The van der Waals surface area contributed by atoms with E-state index >= 15 is 0 Å². The zero-order chi connectivity index (χ0) is 19.6. The Morgan fingerprint density at radius 3 is 2.07 bits per heavy atom. The molecule has 0 bridgehead atoms. The van der Waals surface area contributed by atoms with E-state index in [1.165, 1.54) is 44.5 Å². The van der Waals surface area contributed by atoms with Crippen molar-refractivity contribution in [1.82, 2.24) is 0 Å². The van der Waals surface area contributed by atoms with Crippen LogP contribution in [-0.4, -0.2) is 5.71 Å². The number of hydrazone groups is 1. The smallest absolute Gasteiger partial charge is 0.0720 e. The standard InChI is InChI=1S/C25H30N2/c1-16-12-18(3)25(19(4)13-16)27-26-24(22-10-8-7-9-11-22)15-23-14-17(2)20(5)21(23)6/h7-13,27H,14-15H2,1-6H3. The quantitative estimate of drug-likeness (QED) is 0.457. The van der Waals surface area contributed by atoms with E-state index in [-0.39, 0.29) is 0 Å². The third kappa shape index (κ3) is 4.21. The fourth-order valence-electron chi connectivity index (χ4n) is 3.88. The predicted molar refractivity (Wildman–Crippen MR) is 118 cm³/mol. The van der Waals surface area contributed by atoms with E-state index in [4.69, 9.17) is 5.10 Å². The zero-order valence-electron chi connectivity index (χ0n) is 17.4. The Kier molecular flexibility index (Phi) is 5.65. The lowest BCUT2D eigenvalue weighted by Crippen LogP contribution is -2.07. The first-order chi connectivity index (χ1) is 12.9. The van der Waals surface area contributed by atoms with Crippen molar-refractivity contribution in [2.45, 2.75) is 54.4 Å². The first-order valence-electron chi connectivity index (χ1n) is 9.68. The van der Waals surface area contributed by atoms with Crippen LogP contribution in [-0.2, 0) is 0 Å². The highest BCUT2D eigenvalue weighted by atomic mass is 15.3. The molecule has 3 rings (SSSR count). The Balaban J connectivity index is 1.94. The third-order valence-electron chi connectivity index (χ3n) is 5.68. The second kappa shape index (κ2) is 7.96. The third-order valence-corrected chi connectivity index (χ3v) is 5.68. The van der Waals surface area contributed by atoms with Crippen molar-refractivity contribution in [3.63, 3.8) is 0 Å². The maximum Gasteiger partial charge on any atom is 0.0720 e. The molecule has 2 aromatic rings. The Hall–Kier alpha value is -2.61. The minimum Gasteiger partial charge on any atom is -0.278 e. The van der Waals surface area contributed by atoms with E-state index < -0.39 is 0 Å². The number of aryl methyl sites for hydroxylation is 3. The van der Waals surface area contributed by atoms with Crippen molar-refractivity contribution < 1.29 is 0 Å². The van der Waals surface area contributed by atoms with Crippen molar-refractivity contribution >= 4 is 11.4 Å². The lowest BCUT2D eigenvalue weighted by atomic mass is 9.98. The van der Waals surface area contributed by atoms with Gasteiger partial charge in [-0.3, -0.25) is 5.43 Å². The van der Waals surface area contributed by atoms with Crippen molar-refractivity contribution in [2.75, 3.05) is 5.43 Å². The molecule has 1 aliphatic rings. The molecular formula is C25H30N2. The highest BCUT2D eigenvalue weighted by Crippen LogP contribution is 2.34. The lowest BCUT2D eigenvalue weighted by molar-refractivity contribution is 1.08. The topological polar surface area (TPSA) is 24.4 Å². The Labute approximate surface area is 163 Å². The van der Waals surface area contributed by atoms with Crippen LogP contribution < -0.4 is 5.43 Å². The Bertz CT molecular complexity index is 921. The maximum atomic E-state index is 4.88. The van der Waals surface area contributed by atoms with Crippen LogP contribution in [0.25, 0.3) is 0 Å². The maximum absolute atomic E-state index is 4.88. The monoisotopic (exact) mass is 358 g/mol. The molecule has 27 heavy (non-hydrogen) atoms. The van der Waals surface area contributed by atoms with Crippen LogP contribution in [0.1, 0.15) is 55.9 Å². The van der Waals surface area contributed by atoms with Gasteiger partial charge in [0, 0.05) is 6.42 Å². The van der Waals surface area contributed by atoms with E-state index in [1.54, 1.807) is 0 Å². The van der Waals surface area contributed by atoms with Gasteiger partial charge < -0.3 is 0 Å². The molecule has 0 unspecified atom stereocenters. The number of nitrogens with one attached hydrogen (secondary N) is 1. The first kappa shape index (κ1) is 19.2. The summed E-state index contributed by atoms with van der Waals surface area (Å²) in [5, 5.41) is 4.88. The lowest BCUT2D eigenvalue weighted by Gasteiger charge is -2.14. The molecule has 0 aromatic heterocycles. The number of allylic oxidation sites excluding steroid dienone is 4. The van der Waals surface area contributed by atoms with Crippen molar-refractivity contribution in [2.24, 2.45) is 5.10 Å². The van der Waals surface area contributed by atoms with Gasteiger partial charge in [-0.2, -0.15) is 5.10 Å². The second-order valence-electron chi connectivity index (χ2n) is 7.80. The Morgan fingerprint density at radius 2 is 1.52 bits per heavy atom. The van der Waals surface area contributed by atoms with E-state index in [0.29, 0.717) is 0 Å². The van der Waals surface area contributed by atoms with Gasteiger partial charge in [0.05, 0.1) is 11.4 Å². The van der Waals surface area contributed by atoms with E-state index in [0.717, 1.165) is 24.2 Å². The zero-order valence-corrected chi connectivity index (χ0v) is 17.4. The first-order valence-corrected chi connectivity index (χ1v) is 9.68. The van der Waals surface area contributed by atoms with Gasteiger partial charge in [-0.05, 0) is 75.8 Å². The minimum absolute atomic E-state index is 0.876. The Morgan fingerprint density at radius 1 is 0.889 bits per heavy atom. The van der Waals surface area contributed by atoms with Crippen LogP contribution in [0, 0.1) is 20.8 Å². The molecule has 0 aliphatic heterocycles. The van der Waals surface area contributed by atoms with E-state index in [9.17, 15) is 0 Å². The molecule has 2 nitrogen and oxygen atoms in total. The van der Waals surface area contributed by atoms with E-state index in [1.807, 2.05) is 0 Å². The molecule has 0 saturated carbocycles. The molecule has 0 radical (unpaired) electrons. The van der Waals surface area contributed by atoms with Gasteiger partial charge in [0.15, 0.2) is 0 Å². The van der Waals surface area contributed by atoms with Gasteiger partial charge in [-0.25, -0.2) is 0 Å². The summed E-state index contributed by atoms with van der Waals surface area (Å²) in [6.07, 6.45) is 1.94. The molecule has 1 N–H and O–H groups in total. The van der Waals surface area contributed by atoms with Gasteiger partial charge in [-0.1, -0.05) is 59.2 Å². The number of anilines is 1. The molecule has 140 valence electrons. The normalized spacial score (nSPS) is 15.0. The summed E-state index contributed by atoms with van der Waals surface area (Å²) in [5.74, 6) is 0. The van der Waals surface area contributed by atoms with Crippen LogP contribution in [0.5, 0.6) is 0 Å². The number of nitrogens with zero attached hydrogens (tertiary/aromatic N) is 1. The summed E-state index contributed by atoms with van der Waals surface area (Å²) in [5.41, 5.74) is 16.3. The summed E-state index contributed by atoms with van der Waals surface area (Å²) in [6, 6.07) is 14.9. The average molecular weight is 359 g/mol. The second-order valence-corrected chi connectivity index (χ2v) is 7.80. The molecule has 0 atom stereocenters. The molecule has 0 heterocycles. The van der Waals surface area contributed by atoms with Crippen LogP contribution in [0.2, 0.25) is 0 Å². The van der Waals surface area contributed by atoms with Crippen LogP contribution in [0.3, 0.4) is 0 Å². The van der Waals surface area contributed by atoms with Crippen LogP contribution >= 0.6 is 0 Å². The number of benzene rings is 2. The van der Waals surface area contributed by atoms with Crippen LogP contribution in [0.4, 0.5) is 5.69 Å². The minimum atomic E-state index is 0.876.